The minimum Gasteiger partial charge on any atom is -0.345 e. The number of benzene rings is 4. The Hall–Kier alpha value is -3.72. The second-order valence-electron chi connectivity index (χ2n) is 10.4. The molecule has 196 valence electrons. The van der Waals surface area contributed by atoms with E-state index in [4.69, 9.17) is 0 Å². The van der Waals surface area contributed by atoms with Crippen molar-refractivity contribution in [2.45, 2.75) is 57.8 Å². The summed E-state index contributed by atoms with van der Waals surface area (Å²) in [6.45, 7) is 2.38. The van der Waals surface area contributed by atoms with Crippen LogP contribution in [0.25, 0.3) is 10.8 Å². The Morgan fingerprint density at radius 1 is 0.737 bits per heavy atom. The molecule has 0 heterocycles. The Bertz CT molecular complexity index is 1330. The van der Waals surface area contributed by atoms with Crippen LogP contribution >= 0.6 is 0 Å². The molecule has 0 saturated heterocycles. The third kappa shape index (κ3) is 7.64. The van der Waals surface area contributed by atoms with Crippen LogP contribution in [0.5, 0.6) is 0 Å². The molecule has 1 amide bonds. The molecule has 3 nitrogen and oxygen atoms in total. The highest BCUT2D eigenvalue weighted by molar-refractivity contribution is 5.92. The lowest BCUT2D eigenvalue weighted by Crippen LogP contribution is -2.30. The molecule has 0 radical (unpaired) electrons. The number of carbonyl (C=O) groups is 2. The Morgan fingerprint density at radius 2 is 1.34 bits per heavy atom. The van der Waals surface area contributed by atoms with E-state index < -0.39 is 0 Å². The summed E-state index contributed by atoms with van der Waals surface area (Å²) in [4.78, 5) is 26.4. The quantitative estimate of drug-likeness (QED) is 0.176. The minimum absolute atomic E-state index is 0.145. The fraction of sp³-hybridized carbons (Fsp3) is 0.314. The number of Topliss-reactive ketones (excluding diaryl/α,β-unsaturated/α-hetero) is 1. The van der Waals surface area contributed by atoms with Crippen molar-refractivity contribution in [3.63, 3.8) is 0 Å². The predicted octanol–water partition coefficient (Wildman–Crippen LogP) is 7.56. The van der Waals surface area contributed by atoms with Gasteiger partial charge in [0, 0.05) is 20.0 Å². The van der Waals surface area contributed by atoms with Crippen LogP contribution in [0.1, 0.15) is 60.8 Å². The molecule has 0 aliphatic heterocycles. The average molecular weight is 506 g/mol. The first-order valence-electron chi connectivity index (χ1n) is 13.8. The van der Waals surface area contributed by atoms with Crippen LogP contribution in [0.2, 0.25) is 0 Å². The number of amides is 1. The molecule has 3 heteroatoms. The predicted molar refractivity (Wildman–Crippen MR) is 157 cm³/mol. The van der Waals surface area contributed by atoms with Gasteiger partial charge in [-0.1, -0.05) is 103 Å². The summed E-state index contributed by atoms with van der Waals surface area (Å²) in [6, 6.07) is 33.9. The van der Waals surface area contributed by atoms with Crippen molar-refractivity contribution in [3.05, 3.63) is 119 Å². The van der Waals surface area contributed by atoms with Crippen LogP contribution in [0.4, 0.5) is 0 Å². The van der Waals surface area contributed by atoms with E-state index in [1.54, 1.807) is 6.92 Å². The van der Waals surface area contributed by atoms with Gasteiger partial charge in [0.1, 0.15) is 5.78 Å². The largest absolute Gasteiger partial charge is 0.345 e. The van der Waals surface area contributed by atoms with Crippen molar-refractivity contribution in [3.8, 4) is 0 Å². The average Bonchev–Trinajstić information content (AvgIpc) is 2.95. The first-order chi connectivity index (χ1) is 18.5. The number of unbranched alkanes of at least 4 members (excludes halogenated alkanes) is 1. The topological polar surface area (TPSA) is 37.4 Å². The Labute approximate surface area is 227 Å². The number of fused-ring (bicyclic) bond motifs is 1. The molecule has 4 aromatic carbocycles. The SMILES string of the molecule is CC(=O)CCCCC(Cc1ccc(CC(=O)N(C)CCc2ccccc2)c2ccccc12)c1ccccc1. The zero-order chi connectivity index (χ0) is 26.7. The van der Waals surface area contributed by atoms with E-state index in [1.165, 1.54) is 27.5 Å². The van der Waals surface area contributed by atoms with Crippen molar-refractivity contribution < 1.29 is 9.59 Å². The van der Waals surface area contributed by atoms with Crippen molar-refractivity contribution in [1.29, 1.82) is 0 Å². The van der Waals surface area contributed by atoms with Crippen LogP contribution < -0.4 is 0 Å². The van der Waals surface area contributed by atoms with Gasteiger partial charge in [-0.15, -0.1) is 0 Å². The lowest BCUT2D eigenvalue weighted by molar-refractivity contribution is -0.129. The highest BCUT2D eigenvalue weighted by Gasteiger charge is 2.17. The van der Waals surface area contributed by atoms with Crippen molar-refractivity contribution in [2.24, 2.45) is 0 Å². The normalized spacial score (nSPS) is 11.8. The standard InChI is InChI=1S/C35H39NO2/c1-27(37)13-9-10-18-30(29-16-7-4-8-17-29)25-31-21-22-32(34-20-12-11-19-33(31)34)26-35(38)36(2)24-23-28-14-5-3-6-15-28/h3-8,11-12,14-17,19-22,30H,9-10,13,18,23-26H2,1-2H3. The number of hydrogen-bond acceptors (Lipinski definition) is 2. The monoisotopic (exact) mass is 505 g/mol. The van der Waals surface area contributed by atoms with E-state index in [0.717, 1.165) is 37.7 Å². The molecular formula is C35H39NO2. The molecule has 0 fully saturated rings. The maximum Gasteiger partial charge on any atom is 0.226 e. The molecule has 38 heavy (non-hydrogen) atoms. The summed E-state index contributed by atoms with van der Waals surface area (Å²) in [5.74, 6) is 0.803. The number of likely N-dealkylation sites (N-methyl/N-ethyl adjacent to an activating group) is 1. The number of hydrogen-bond donors (Lipinski definition) is 0. The molecule has 0 aliphatic rings. The van der Waals surface area contributed by atoms with E-state index in [0.29, 0.717) is 25.3 Å². The third-order valence-corrected chi connectivity index (χ3v) is 7.52. The maximum absolute atomic E-state index is 13.1. The van der Waals surface area contributed by atoms with Gasteiger partial charge in [0.2, 0.25) is 5.91 Å². The molecule has 4 aromatic rings. The van der Waals surface area contributed by atoms with Gasteiger partial charge in [0.25, 0.3) is 0 Å². The van der Waals surface area contributed by atoms with Gasteiger partial charge in [0.05, 0.1) is 6.42 Å². The fourth-order valence-electron chi connectivity index (χ4n) is 5.26. The number of ketones is 1. The van der Waals surface area contributed by atoms with Gasteiger partial charge in [0.15, 0.2) is 0 Å². The summed E-state index contributed by atoms with van der Waals surface area (Å²) in [6.07, 6.45) is 5.90. The molecule has 0 N–H and O–H groups in total. The zero-order valence-corrected chi connectivity index (χ0v) is 22.7. The molecular weight excluding hydrogens is 466 g/mol. The summed E-state index contributed by atoms with van der Waals surface area (Å²) in [5, 5.41) is 2.40. The van der Waals surface area contributed by atoms with Gasteiger partial charge < -0.3 is 9.69 Å². The van der Waals surface area contributed by atoms with Crippen molar-refractivity contribution >= 4 is 22.5 Å². The molecule has 1 unspecified atom stereocenters. The lowest BCUT2D eigenvalue weighted by atomic mass is 9.85. The first kappa shape index (κ1) is 27.3. The van der Waals surface area contributed by atoms with Crippen molar-refractivity contribution in [1.82, 2.24) is 4.90 Å². The molecule has 1 atom stereocenters. The highest BCUT2D eigenvalue weighted by atomic mass is 16.2. The van der Waals surface area contributed by atoms with Crippen LogP contribution in [-0.2, 0) is 28.9 Å². The zero-order valence-electron chi connectivity index (χ0n) is 22.7. The van der Waals surface area contributed by atoms with Gasteiger partial charge >= 0.3 is 0 Å². The number of nitrogens with zero attached hydrogens (tertiary/aromatic N) is 1. The molecule has 0 aromatic heterocycles. The molecule has 0 spiro atoms. The van der Waals surface area contributed by atoms with Crippen LogP contribution in [-0.4, -0.2) is 30.2 Å². The maximum atomic E-state index is 13.1. The van der Waals surface area contributed by atoms with E-state index in [-0.39, 0.29) is 11.7 Å². The van der Waals surface area contributed by atoms with Crippen LogP contribution in [0.3, 0.4) is 0 Å². The van der Waals surface area contributed by atoms with Gasteiger partial charge in [-0.3, -0.25) is 4.79 Å². The Morgan fingerprint density at radius 3 is 2.03 bits per heavy atom. The lowest BCUT2D eigenvalue weighted by Gasteiger charge is -2.21. The third-order valence-electron chi connectivity index (χ3n) is 7.52. The smallest absolute Gasteiger partial charge is 0.226 e. The summed E-state index contributed by atoms with van der Waals surface area (Å²) >= 11 is 0. The number of carbonyl (C=O) groups excluding carboxylic acids is 2. The molecule has 4 rings (SSSR count). The van der Waals surface area contributed by atoms with Crippen LogP contribution in [0, 0.1) is 0 Å². The summed E-state index contributed by atoms with van der Waals surface area (Å²) in [7, 11) is 1.90. The minimum atomic E-state index is 0.145. The number of rotatable bonds is 13. The van der Waals surface area contributed by atoms with Crippen molar-refractivity contribution in [2.75, 3.05) is 13.6 Å². The van der Waals surface area contributed by atoms with Crippen LogP contribution in [0.15, 0.2) is 97.1 Å². The van der Waals surface area contributed by atoms with E-state index in [9.17, 15) is 9.59 Å². The second kappa shape index (κ2) is 13.7. The van der Waals surface area contributed by atoms with E-state index in [2.05, 4.69) is 78.9 Å². The highest BCUT2D eigenvalue weighted by Crippen LogP contribution is 2.31. The van der Waals surface area contributed by atoms with E-state index in [1.807, 2.05) is 30.1 Å². The molecule has 0 saturated carbocycles. The second-order valence-corrected chi connectivity index (χ2v) is 10.4. The van der Waals surface area contributed by atoms with Gasteiger partial charge in [-0.25, -0.2) is 0 Å². The van der Waals surface area contributed by atoms with E-state index >= 15 is 0 Å². The molecule has 0 bridgehead atoms. The fourth-order valence-corrected chi connectivity index (χ4v) is 5.26. The van der Waals surface area contributed by atoms with Gasteiger partial charge in [-0.2, -0.15) is 0 Å². The Balaban J connectivity index is 1.49. The van der Waals surface area contributed by atoms with Gasteiger partial charge in [-0.05, 0) is 71.6 Å². The molecule has 0 aliphatic carbocycles. The Kier molecular flexibility index (Phi) is 9.86. The first-order valence-corrected chi connectivity index (χ1v) is 13.8. The summed E-state index contributed by atoms with van der Waals surface area (Å²) < 4.78 is 0. The summed E-state index contributed by atoms with van der Waals surface area (Å²) in [5.41, 5.74) is 4.99.